The molecule has 1 aliphatic heterocycles. The van der Waals surface area contributed by atoms with Crippen LogP contribution < -0.4 is 4.90 Å². The van der Waals surface area contributed by atoms with Crippen molar-refractivity contribution in [1.29, 1.82) is 0 Å². The number of furan rings is 1. The number of hydrogen-bond acceptors (Lipinski definition) is 3. The van der Waals surface area contributed by atoms with Crippen LogP contribution in [0.1, 0.15) is 42.9 Å². The monoisotopic (exact) mass is 685 g/mol. The largest absolute Gasteiger partial charge is 0.456 e. The Hall–Kier alpha value is -5.77. The molecule has 2 heterocycles. The molecule has 0 radical (unpaired) electrons. The van der Waals surface area contributed by atoms with Gasteiger partial charge in [-0.05, 0) is 104 Å². The third kappa shape index (κ3) is 4.33. The fourth-order valence-electron chi connectivity index (χ4n) is 9.07. The van der Waals surface area contributed by atoms with Crippen LogP contribution in [0.15, 0.2) is 178 Å². The Balaban J connectivity index is 1.03. The summed E-state index contributed by atoms with van der Waals surface area (Å²) >= 11 is 1.94. The average molecular weight is 686 g/mol. The molecule has 8 aromatic rings. The van der Waals surface area contributed by atoms with Gasteiger partial charge in [0.05, 0.1) is 5.69 Å². The van der Waals surface area contributed by atoms with E-state index in [4.69, 9.17) is 4.42 Å². The van der Waals surface area contributed by atoms with E-state index < -0.39 is 0 Å². The molecular weight excluding hydrogens is 651 g/mol. The van der Waals surface area contributed by atoms with E-state index in [1.807, 2.05) is 23.9 Å². The second-order valence-corrected chi connectivity index (χ2v) is 15.9. The van der Waals surface area contributed by atoms with Crippen molar-refractivity contribution < 1.29 is 4.42 Å². The second kappa shape index (κ2) is 11.1. The Labute approximate surface area is 307 Å². The highest BCUT2D eigenvalue weighted by atomic mass is 32.2. The molecule has 2 nitrogen and oxygen atoms in total. The average Bonchev–Trinajstić information content (AvgIpc) is 3.83. The van der Waals surface area contributed by atoms with Crippen LogP contribution in [0, 0.1) is 0 Å². The smallest absolute Gasteiger partial charge is 0.136 e. The van der Waals surface area contributed by atoms with E-state index in [1.54, 1.807) is 0 Å². The van der Waals surface area contributed by atoms with Crippen LogP contribution in [0.3, 0.4) is 0 Å². The third-order valence-corrected chi connectivity index (χ3v) is 12.8. The molecule has 0 fully saturated rings. The first-order chi connectivity index (χ1) is 25.5. The normalized spacial score (nSPS) is 16.7. The van der Waals surface area contributed by atoms with Crippen LogP contribution in [0.5, 0.6) is 0 Å². The van der Waals surface area contributed by atoms with E-state index in [0.717, 1.165) is 28.7 Å². The van der Waals surface area contributed by atoms with Crippen LogP contribution in [-0.4, -0.2) is 0 Å². The molecule has 7 aromatic carbocycles. The van der Waals surface area contributed by atoms with Gasteiger partial charge in [-0.3, -0.25) is 0 Å². The highest BCUT2D eigenvalue weighted by Gasteiger charge is 2.38. The van der Waals surface area contributed by atoms with Crippen molar-refractivity contribution in [3.63, 3.8) is 0 Å². The van der Waals surface area contributed by atoms with Gasteiger partial charge in [-0.2, -0.15) is 0 Å². The lowest BCUT2D eigenvalue weighted by molar-refractivity contribution is 0.660. The molecule has 52 heavy (non-hydrogen) atoms. The maximum atomic E-state index is 6.18. The van der Waals surface area contributed by atoms with Gasteiger partial charge in [0.25, 0.3) is 0 Å². The quantitative estimate of drug-likeness (QED) is 0.183. The van der Waals surface area contributed by atoms with Crippen molar-refractivity contribution in [2.75, 3.05) is 4.90 Å². The lowest BCUT2D eigenvalue weighted by Crippen LogP contribution is -2.19. The topological polar surface area (TPSA) is 16.4 Å². The van der Waals surface area contributed by atoms with Crippen molar-refractivity contribution in [3.8, 4) is 22.3 Å². The van der Waals surface area contributed by atoms with Gasteiger partial charge in [-0.25, -0.2) is 0 Å². The molecule has 1 aromatic heterocycles. The number of thioether (sulfide) groups is 1. The molecular formula is C49H35NOS. The number of nitrogens with zero attached hydrogens (tertiary/aromatic N) is 1. The van der Waals surface area contributed by atoms with Crippen molar-refractivity contribution in [2.24, 2.45) is 0 Å². The van der Waals surface area contributed by atoms with Crippen LogP contribution >= 0.6 is 11.8 Å². The maximum Gasteiger partial charge on any atom is 0.136 e. The lowest BCUT2D eigenvalue weighted by Gasteiger charge is -2.32. The van der Waals surface area contributed by atoms with Crippen LogP contribution in [0.2, 0.25) is 0 Å². The maximum absolute atomic E-state index is 6.18. The van der Waals surface area contributed by atoms with E-state index in [-0.39, 0.29) is 5.41 Å². The highest BCUT2D eigenvalue weighted by molar-refractivity contribution is 8.03. The number of anilines is 2. The summed E-state index contributed by atoms with van der Waals surface area (Å²) in [6, 6.07) is 53.4. The van der Waals surface area contributed by atoms with E-state index in [0.29, 0.717) is 5.92 Å². The minimum atomic E-state index is -0.0741. The number of para-hydroxylation sites is 1. The molecule has 1 atom stereocenters. The molecule has 248 valence electrons. The first-order valence-corrected chi connectivity index (χ1v) is 19.0. The third-order valence-electron chi connectivity index (χ3n) is 11.6. The molecule has 3 heteroatoms. The molecule has 0 saturated heterocycles. The van der Waals surface area contributed by atoms with Gasteiger partial charge in [0.1, 0.15) is 11.2 Å². The van der Waals surface area contributed by atoms with Crippen molar-refractivity contribution in [1.82, 2.24) is 0 Å². The van der Waals surface area contributed by atoms with E-state index in [2.05, 4.69) is 164 Å². The van der Waals surface area contributed by atoms with Crippen molar-refractivity contribution >= 4 is 55.8 Å². The van der Waals surface area contributed by atoms with E-state index in [1.165, 1.54) is 76.3 Å². The molecule has 0 spiro atoms. The van der Waals surface area contributed by atoms with E-state index >= 15 is 0 Å². The molecule has 0 saturated carbocycles. The fraction of sp³-hybridized carbons (Fsp3) is 0.102. The summed E-state index contributed by atoms with van der Waals surface area (Å²) in [7, 11) is 0. The fourth-order valence-corrected chi connectivity index (χ4v) is 10.3. The van der Waals surface area contributed by atoms with Crippen LogP contribution in [0.4, 0.5) is 11.4 Å². The van der Waals surface area contributed by atoms with Gasteiger partial charge in [0, 0.05) is 43.9 Å². The zero-order valence-corrected chi connectivity index (χ0v) is 29.9. The minimum Gasteiger partial charge on any atom is -0.456 e. The van der Waals surface area contributed by atoms with Gasteiger partial charge in [-0.15, -0.1) is 0 Å². The predicted octanol–water partition coefficient (Wildman–Crippen LogP) is 13.9. The Bertz CT molecular complexity index is 2830. The molecule has 0 bridgehead atoms. The molecule has 11 rings (SSSR count). The Kier molecular flexibility index (Phi) is 6.39. The SMILES string of the molecule is CC1(C)c2ccccc2-c2c(N(C3=CCC4C(=C3)Sc3ccccc34)c3ccc(-c4ccc5c(ccc6oc7ccccc7c65)c4)cc3)cccc21. The Morgan fingerprint density at radius 1 is 0.673 bits per heavy atom. The molecule has 3 aliphatic rings. The van der Waals surface area contributed by atoms with Gasteiger partial charge in [-0.1, -0.05) is 135 Å². The first-order valence-electron chi connectivity index (χ1n) is 18.2. The zero-order valence-electron chi connectivity index (χ0n) is 29.1. The highest BCUT2D eigenvalue weighted by Crippen LogP contribution is 2.56. The summed E-state index contributed by atoms with van der Waals surface area (Å²) in [5, 5.41) is 4.79. The standard InChI is InChI=1S/C49H35NOS/c1-49(2)40-13-6-3-11-38(40)48-41(49)14-9-15-42(48)50(34-24-26-37-36-10-5-8-17-45(36)52-46(37)29-34)33-22-18-30(19-23-33)31-20-25-35-32(28-31)21-27-44-47(35)39-12-4-7-16-43(39)51-44/h3-25,27-29,37H,26H2,1-2H3. The summed E-state index contributed by atoms with van der Waals surface area (Å²) in [5.74, 6) is 0.435. The minimum absolute atomic E-state index is 0.0741. The van der Waals surface area contributed by atoms with Crippen molar-refractivity contribution in [2.45, 2.75) is 36.5 Å². The van der Waals surface area contributed by atoms with Crippen molar-refractivity contribution in [3.05, 3.63) is 185 Å². The Morgan fingerprint density at radius 2 is 1.46 bits per heavy atom. The Morgan fingerprint density at radius 3 is 2.38 bits per heavy atom. The summed E-state index contributed by atoms with van der Waals surface area (Å²) in [6.07, 6.45) is 5.90. The van der Waals surface area contributed by atoms with Gasteiger partial charge < -0.3 is 9.32 Å². The zero-order chi connectivity index (χ0) is 34.6. The number of fused-ring (bicyclic) bond motifs is 11. The number of benzene rings is 7. The van der Waals surface area contributed by atoms with Gasteiger partial charge in [0.2, 0.25) is 0 Å². The second-order valence-electron chi connectivity index (χ2n) is 14.8. The number of allylic oxidation sites excluding steroid dienone is 3. The molecule has 0 amide bonds. The number of rotatable bonds is 4. The van der Waals surface area contributed by atoms with Crippen LogP contribution in [-0.2, 0) is 5.41 Å². The lowest BCUT2D eigenvalue weighted by atomic mass is 9.82. The van der Waals surface area contributed by atoms with Gasteiger partial charge >= 0.3 is 0 Å². The summed E-state index contributed by atoms with van der Waals surface area (Å²) in [5.41, 5.74) is 14.7. The summed E-state index contributed by atoms with van der Waals surface area (Å²) in [4.78, 5) is 5.33. The van der Waals surface area contributed by atoms with E-state index in [9.17, 15) is 0 Å². The summed E-state index contributed by atoms with van der Waals surface area (Å²) in [6.45, 7) is 4.73. The molecule has 0 N–H and O–H groups in total. The van der Waals surface area contributed by atoms with Gasteiger partial charge in [0.15, 0.2) is 0 Å². The molecule has 2 aliphatic carbocycles. The number of hydrogen-bond donors (Lipinski definition) is 0. The summed E-state index contributed by atoms with van der Waals surface area (Å²) < 4.78 is 6.18. The predicted molar refractivity (Wildman–Crippen MR) is 219 cm³/mol. The van der Waals surface area contributed by atoms with Crippen LogP contribution in [0.25, 0.3) is 55.0 Å². The first kappa shape index (κ1) is 29.9. The molecule has 1 unspecified atom stereocenters.